The lowest BCUT2D eigenvalue weighted by Gasteiger charge is -2.17. The van der Waals surface area contributed by atoms with Crippen LogP contribution in [0.1, 0.15) is 31.0 Å². The van der Waals surface area contributed by atoms with Crippen molar-refractivity contribution < 1.29 is 22.3 Å². The molecule has 1 atom stereocenters. The Labute approximate surface area is 103 Å². The van der Waals surface area contributed by atoms with E-state index < -0.39 is 23.6 Å². The lowest BCUT2D eigenvalue weighted by atomic mass is 10.0. The monoisotopic (exact) mass is 265 g/mol. The summed E-state index contributed by atoms with van der Waals surface area (Å²) in [5.74, 6) is -0.761. The van der Waals surface area contributed by atoms with Gasteiger partial charge in [-0.15, -0.1) is 0 Å². The molecule has 0 aliphatic heterocycles. The minimum Gasteiger partial charge on any atom is -0.377 e. The van der Waals surface area contributed by atoms with E-state index in [0.717, 1.165) is 12.1 Å². The summed E-state index contributed by atoms with van der Waals surface area (Å²) in [5, 5.41) is 0. The number of alkyl halides is 3. The second-order valence-electron chi connectivity index (χ2n) is 4.22. The van der Waals surface area contributed by atoms with Crippen molar-refractivity contribution in [3.63, 3.8) is 0 Å². The first-order valence-electron chi connectivity index (χ1n) is 5.45. The van der Waals surface area contributed by atoms with Crippen molar-refractivity contribution >= 4 is 0 Å². The van der Waals surface area contributed by atoms with Gasteiger partial charge < -0.3 is 10.5 Å². The number of rotatable bonds is 4. The van der Waals surface area contributed by atoms with Crippen molar-refractivity contribution in [2.45, 2.75) is 32.2 Å². The molecule has 18 heavy (non-hydrogen) atoms. The van der Waals surface area contributed by atoms with E-state index in [4.69, 9.17) is 10.5 Å². The Kier molecular flexibility index (Phi) is 4.70. The second-order valence-corrected chi connectivity index (χ2v) is 4.22. The van der Waals surface area contributed by atoms with Gasteiger partial charge >= 0.3 is 6.18 Å². The number of ether oxygens (including phenoxy) is 1. The molecule has 2 nitrogen and oxygen atoms in total. The topological polar surface area (TPSA) is 35.2 Å². The molecule has 0 heterocycles. The van der Waals surface area contributed by atoms with E-state index >= 15 is 0 Å². The molecule has 1 aromatic rings. The van der Waals surface area contributed by atoms with E-state index in [1.807, 2.05) is 0 Å². The molecule has 0 saturated heterocycles. The van der Waals surface area contributed by atoms with Gasteiger partial charge in [0.2, 0.25) is 0 Å². The number of hydrogen-bond acceptors (Lipinski definition) is 2. The Hall–Kier alpha value is -1.14. The van der Waals surface area contributed by atoms with Crippen LogP contribution in [0.25, 0.3) is 0 Å². The highest BCUT2D eigenvalue weighted by Crippen LogP contribution is 2.31. The molecule has 0 aliphatic rings. The summed E-state index contributed by atoms with van der Waals surface area (Å²) in [7, 11) is 0. The minimum atomic E-state index is -4.51. The van der Waals surface area contributed by atoms with Crippen LogP contribution in [0.2, 0.25) is 0 Å². The molecule has 0 amide bonds. The Balaban J connectivity index is 2.93. The molecule has 0 radical (unpaired) electrons. The van der Waals surface area contributed by atoms with E-state index in [9.17, 15) is 17.6 Å². The zero-order valence-electron chi connectivity index (χ0n) is 10.1. The Morgan fingerprint density at radius 1 is 1.28 bits per heavy atom. The average molecular weight is 265 g/mol. The lowest BCUT2D eigenvalue weighted by molar-refractivity contribution is -0.137. The Bertz CT molecular complexity index is 404. The highest BCUT2D eigenvalue weighted by molar-refractivity contribution is 5.29. The molecule has 0 fully saturated rings. The van der Waals surface area contributed by atoms with Crippen LogP contribution in [0.5, 0.6) is 0 Å². The number of hydrogen-bond donors (Lipinski definition) is 1. The Morgan fingerprint density at radius 3 is 2.39 bits per heavy atom. The molecule has 0 aliphatic carbocycles. The number of nitrogens with two attached hydrogens (primary N) is 1. The van der Waals surface area contributed by atoms with Gasteiger partial charge in [-0.05, 0) is 32.0 Å². The third-order valence-electron chi connectivity index (χ3n) is 2.33. The van der Waals surface area contributed by atoms with Crippen LogP contribution < -0.4 is 5.73 Å². The first-order valence-corrected chi connectivity index (χ1v) is 5.45. The Morgan fingerprint density at radius 2 is 1.89 bits per heavy atom. The van der Waals surface area contributed by atoms with Gasteiger partial charge in [0.1, 0.15) is 5.82 Å². The zero-order valence-corrected chi connectivity index (χ0v) is 10.1. The average Bonchev–Trinajstić information content (AvgIpc) is 2.24. The van der Waals surface area contributed by atoms with Crippen molar-refractivity contribution in [1.82, 2.24) is 0 Å². The summed E-state index contributed by atoms with van der Waals surface area (Å²) in [5.41, 5.74) is 4.52. The van der Waals surface area contributed by atoms with E-state index in [0.29, 0.717) is 6.07 Å². The lowest BCUT2D eigenvalue weighted by Crippen LogP contribution is -2.21. The molecule has 1 rings (SSSR count). The van der Waals surface area contributed by atoms with Crippen molar-refractivity contribution in [3.05, 3.63) is 35.1 Å². The first kappa shape index (κ1) is 14.9. The van der Waals surface area contributed by atoms with Crippen molar-refractivity contribution in [3.8, 4) is 0 Å². The normalized spacial score (nSPS) is 14.0. The van der Waals surface area contributed by atoms with Gasteiger partial charge in [0, 0.05) is 5.56 Å². The van der Waals surface area contributed by atoms with Gasteiger partial charge in [-0.1, -0.05) is 0 Å². The maximum absolute atomic E-state index is 13.4. The highest BCUT2D eigenvalue weighted by Gasteiger charge is 2.31. The van der Waals surface area contributed by atoms with Crippen LogP contribution in [-0.2, 0) is 10.9 Å². The summed E-state index contributed by atoms with van der Waals surface area (Å²) in [6, 6.07) is 1.26. The van der Waals surface area contributed by atoms with Gasteiger partial charge in [-0.2, -0.15) is 13.2 Å². The first-order chi connectivity index (χ1) is 8.21. The van der Waals surface area contributed by atoms with Crippen molar-refractivity contribution in [2.24, 2.45) is 5.73 Å². The maximum Gasteiger partial charge on any atom is 0.416 e. The van der Waals surface area contributed by atoms with Gasteiger partial charge in [0.25, 0.3) is 0 Å². The van der Waals surface area contributed by atoms with E-state index in [-0.39, 0.29) is 18.3 Å². The van der Waals surface area contributed by atoms with Crippen LogP contribution in [0.15, 0.2) is 18.2 Å². The minimum absolute atomic E-state index is 0.0318. The molecular formula is C12H15F4NO. The largest absolute Gasteiger partial charge is 0.416 e. The molecule has 0 saturated carbocycles. The summed E-state index contributed by atoms with van der Waals surface area (Å²) in [4.78, 5) is 0. The quantitative estimate of drug-likeness (QED) is 0.848. The molecule has 0 spiro atoms. The van der Waals surface area contributed by atoms with Crippen molar-refractivity contribution in [2.75, 3.05) is 6.61 Å². The molecule has 102 valence electrons. The number of benzene rings is 1. The fraction of sp³-hybridized carbons (Fsp3) is 0.500. The van der Waals surface area contributed by atoms with Crippen molar-refractivity contribution in [1.29, 1.82) is 0 Å². The third kappa shape index (κ3) is 3.96. The van der Waals surface area contributed by atoms with Gasteiger partial charge in [-0.3, -0.25) is 0 Å². The van der Waals surface area contributed by atoms with E-state index in [1.165, 1.54) is 0 Å². The predicted molar refractivity (Wildman–Crippen MR) is 59.4 cm³/mol. The summed E-state index contributed by atoms with van der Waals surface area (Å²) >= 11 is 0. The highest BCUT2D eigenvalue weighted by atomic mass is 19.4. The fourth-order valence-electron chi connectivity index (χ4n) is 1.39. The second kappa shape index (κ2) is 5.67. The van der Waals surface area contributed by atoms with Crippen LogP contribution in [0, 0.1) is 5.82 Å². The van der Waals surface area contributed by atoms with Crippen LogP contribution in [0.4, 0.5) is 17.6 Å². The molecule has 1 aromatic carbocycles. The predicted octanol–water partition coefficient (Wildman–Crippen LogP) is 3.27. The fourth-order valence-corrected chi connectivity index (χ4v) is 1.39. The zero-order chi connectivity index (χ0) is 13.9. The van der Waals surface area contributed by atoms with Gasteiger partial charge in [0.15, 0.2) is 0 Å². The van der Waals surface area contributed by atoms with E-state index in [2.05, 4.69) is 0 Å². The summed E-state index contributed by atoms with van der Waals surface area (Å²) in [6.07, 6.45) is -4.63. The van der Waals surface area contributed by atoms with Crippen LogP contribution in [-0.4, -0.2) is 12.7 Å². The molecule has 6 heteroatoms. The number of halogens is 4. The molecule has 2 N–H and O–H groups in total. The van der Waals surface area contributed by atoms with Crippen LogP contribution in [0.3, 0.4) is 0 Å². The molecular weight excluding hydrogens is 250 g/mol. The summed E-state index contributed by atoms with van der Waals surface area (Å²) < 4.78 is 56.0. The van der Waals surface area contributed by atoms with Crippen LogP contribution >= 0.6 is 0 Å². The standard InChI is InChI=1S/C12H15F4NO/c1-7(2)18-6-11(17)9-5-8(12(14,15)16)3-4-10(9)13/h3-5,7,11H,6,17H2,1-2H3. The molecule has 0 bridgehead atoms. The SMILES string of the molecule is CC(C)OCC(N)c1cc(C(F)(F)F)ccc1F. The maximum atomic E-state index is 13.4. The molecule has 0 aromatic heterocycles. The van der Waals surface area contributed by atoms with Gasteiger partial charge in [0.05, 0.1) is 24.3 Å². The van der Waals surface area contributed by atoms with E-state index in [1.54, 1.807) is 13.8 Å². The molecule has 1 unspecified atom stereocenters. The third-order valence-corrected chi connectivity index (χ3v) is 2.33. The smallest absolute Gasteiger partial charge is 0.377 e. The van der Waals surface area contributed by atoms with Gasteiger partial charge in [-0.25, -0.2) is 4.39 Å². The summed E-state index contributed by atoms with van der Waals surface area (Å²) in [6.45, 7) is 3.49.